The van der Waals surface area contributed by atoms with Gasteiger partial charge in [0, 0.05) is 12.5 Å². The summed E-state index contributed by atoms with van der Waals surface area (Å²) in [6.07, 6.45) is 0. The van der Waals surface area contributed by atoms with Crippen LogP contribution < -0.4 is 16.2 Å². The molecule has 0 fully saturated rings. The highest BCUT2D eigenvalue weighted by atomic mass is 19.1. The molecule has 0 saturated heterocycles. The molecule has 2 amide bonds. The third kappa shape index (κ3) is 4.70. The minimum atomic E-state index is -0.948. The van der Waals surface area contributed by atoms with E-state index in [2.05, 4.69) is 15.7 Å². The molecule has 0 aliphatic rings. The Balaban J connectivity index is 1.96. The SMILES string of the molecule is CC(=O)Nc1cc(-c2ccccc2)nn(CC(=O)Nc2c(F)cccc2F)c1=O. The minimum absolute atomic E-state index is 0.0729. The number of carbonyl (C=O) groups excluding carboxylic acids is 2. The summed E-state index contributed by atoms with van der Waals surface area (Å²) in [5, 5.41) is 8.64. The standard InChI is InChI=1S/C20H16F2N4O3/c1-12(27)23-17-10-16(13-6-3-2-4-7-13)25-26(20(17)29)11-18(28)24-19-14(21)8-5-9-15(19)22/h2-10H,11H2,1H3,(H,23,27)(H,24,28). The Morgan fingerprint density at radius 3 is 2.28 bits per heavy atom. The maximum Gasteiger partial charge on any atom is 0.291 e. The van der Waals surface area contributed by atoms with Gasteiger partial charge in [-0.2, -0.15) is 5.10 Å². The number of amides is 2. The fourth-order valence-electron chi connectivity index (χ4n) is 2.61. The summed E-state index contributed by atoms with van der Waals surface area (Å²) < 4.78 is 28.3. The Labute approximate surface area is 164 Å². The Hall–Kier alpha value is -3.88. The first-order valence-electron chi connectivity index (χ1n) is 8.54. The predicted molar refractivity (Wildman–Crippen MR) is 103 cm³/mol. The van der Waals surface area contributed by atoms with Crippen molar-refractivity contribution in [3.63, 3.8) is 0 Å². The van der Waals surface area contributed by atoms with E-state index in [4.69, 9.17) is 0 Å². The van der Waals surface area contributed by atoms with E-state index >= 15 is 0 Å². The summed E-state index contributed by atoms with van der Waals surface area (Å²) in [5.41, 5.74) is -0.445. The first-order chi connectivity index (χ1) is 13.8. The summed E-state index contributed by atoms with van der Waals surface area (Å²) in [5.74, 6) is -3.23. The van der Waals surface area contributed by atoms with Gasteiger partial charge >= 0.3 is 0 Å². The van der Waals surface area contributed by atoms with Crippen LogP contribution in [-0.4, -0.2) is 21.6 Å². The first kappa shape index (κ1) is 19.9. The molecule has 0 unspecified atom stereocenters. The van der Waals surface area contributed by atoms with Crippen LogP contribution in [0.1, 0.15) is 6.92 Å². The molecule has 1 heterocycles. The van der Waals surface area contributed by atoms with Gasteiger partial charge in [-0.3, -0.25) is 14.4 Å². The monoisotopic (exact) mass is 398 g/mol. The number of carbonyl (C=O) groups is 2. The van der Waals surface area contributed by atoms with Gasteiger partial charge in [-0.15, -0.1) is 0 Å². The molecular weight excluding hydrogens is 382 g/mol. The fourth-order valence-corrected chi connectivity index (χ4v) is 2.61. The zero-order chi connectivity index (χ0) is 21.0. The number of hydrogen-bond acceptors (Lipinski definition) is 4. The zero-order valence-corrected chi connectivity index (χ0v) is 15.3. The third-order valence-electron chi connectivity index (χ3n) is 3.88. The molecule has 0 spiro atoms. The average molecular weight is 398 g/mol. The average Bonchev–Trinajstić information content (AvgIpc) is 2.68. The van der Waals surface area contributed by atoms with Gasteiger partial charge in [0.15, 0.2) is 0 Å². The van der Waals surface area contributed by atoms with E-state index in [1.807, 2.05) is 0 Å². The number of aromatic nitrogens is 2. The summed E-state index contributed by atoms with van der Waals surface area (Å²) in [4.78, 5) is 36.3. The third-order valence-corrected chi connectivity index (χ3v) is 3.88. The van der Waals surface area contributed by atoms with Gasteiger partial charge in [0.1, 0.15) is 29.6 Å². The van der Waals surface area contributed by atoms with Crippen LogP contribution in [0.3, 0.4) is 0 Å². The highest BCUT2D eigenvalue weighted by Gasteiger charge is 2.16. The smallest absolute Gasteiger partial charge is 0.291 e. The first-order valence-corrected chi connectivity index (χ1v) is 8.54. The number of hydrogen-bond donors (Lipinski definition) is 2. The Kier molecular flexibility index (Phi) is 5.77. The second kappa shape index (κ2) is 8.42. The van der Waals surface area contributed by atoms with Crippen LogP contribution in [0, 0.1) is 11.6 Å². The van der Waals surface area contributed by atoms with E-state index < -0.39 is 41.2 Å². The summed E-state index contributed by atoms with van der Waals surface area (Å²) in [7, 11) is 0. The maximum atomic E-state index is 13.7. The van der Waals surface area contributed by atoms with Crippen LogP contribution in [0.4, 0.5) is 20.2 Å². The second-order valence-electron chi connectivity index (χ2n) is 6.10. The van der Waals surface area contributed by atoms with Gasteiger partial charge < -0.3 is 10.6 Å². The van der Waals surface area contributed by atoms with Gasteiger partial charge in [-0.1, -0.05) is 36.4 Å². The number of para-hydroxylation sites is 1. The van der Waals surface area contributed by atoms with Gasteiger partial charge in [-0.25, -0.2) is 13.5 Å². The molecule has 9 heteroatoms. The van der Waals surface area contributed by atoms with E-state index in [1.54, 1.807) is 30.3 Å². The molecule has 0 radical (unpaired) electrons. The maximum absolute atomic E-state index is 13.7. The summed E-state index contributed by atoms with van der Waals surface area (Å²) >= 11 is 0. The van der Waals surface area contributed by atoms with Crippen LogP contribution in [0.25, 0.3) is 11.3 Å². The van der Waals surface area contributed by atoms with Gasteiger partial charge in [-0.05, 0) is 18.2 Å². The normalized spacial score (nSPS) is 10.4. The van der Waals surface area contributed by atoms with E-state index in [-0.39, 0.29) is 5.69 Å². The molecular formula is C20H16F2N4O3. The topological polar surface area (TPSA) is 93.1 Å². The lowest BCUT2D eigenvalue weighted by atomic mass is 10.1. The van der Waals surface area contributed by atoms with Crippen molar-refractivity contribution in [3.05, 3.63) is 76.6 Å². The molecule has 148 valence electrons. The van der Waals surface area contributed by atoms with Crippen molar-refractivity contribution in [1.82, 2.24) is 9.78 Å². The molecule has 7 nitrogen and oxygen atoms in total. The number of halogens is 2. The lowest BCUT2D eigenvalue weighted by molar-refractivity contribution is -0.117. The van der Waals surface area contributed by atoms with Gasteiger partial charge in [0.05, 0.1) is 5.69 Å². The van der Waals surface area contributed by atoms with Crippen molar-refractivity contribution in [2.45, 2.75) is 13.5 Å². The molecule has 3 rings (SSSR count). The van der Waals surface area contributed by atoms with Crippen molar-refractivity contribution in [1.29, 1.82) is 0 Å². The molecule has 3 aromatic rings. The Morgan fingerprint density at radius 2 is 1.66 bits per heavy atom. The highest BCUT2D eigenvalue weighted by molar-refractivity contribution is 5.91. The molecule has 0 saturated carbocycles. The molecule has 29 heavy (non-hydrogen) atoms. The molecule has 0 atom stereocenters. The van der Waals surface area contributed by atoms with Crippen LogP contribution in [-0.2, 0) is 16.1 Å². The van der Waals surface area contributed by atoms with Crippen molar-refractivity contribution in [2.24, 2.45) is 0 Å². The summed E-state index contributed by atoms with van der Waals surface area (Å²) in [6.45, 7) is 0.625. The van der Waals surface area contributed by atoms with E-state index in [9.17, 15) is 23.2 Å². The number of anilines is 2. The minimum Gasteiger partial charge on any atom is -0.322 e. The lowest BCUT2D eigenvalue weighted by Gasteiger charge is -2.12. The van der Waals surface area contributed by atoms with E-state index in [0.29, 0.717) is 11.3 Å². The Bertz CT molecular complexity index is 1110. The van der Waals surface area contributed by atoms with Gasteiger partial charge in [0.25, 0.3) is 5.56 Å². The number of benzene rings is 2. The van der Waals surface area contributed by atoms with Crippen LogP contribution in [0.5, 0.6) is 0 Å². The fraction of sp³-hybridized carbons (Fsp3) is 0.100. The van der Waals surface area contributed by atoms with Crippen molar-refractivity contribution in [3.8, 4) is 11.3 Å². The van der Waals surface area contributed by atoms with Crippen LogP contribution in [0.15, 0.2) is 59.4 Å². The zero-order valence-electron chi connectivity index (χ0n) is 15.3. The molecule has 0 bridgehead atoms. The van der Waals surface area contributed by atoms with Crippen molar-refractivity contribution < 1.29 is 18.4 Å². The number of nitrogens with zero attached hydrogens (tertiary/aromatic N) is 2. The van der Waals surface area contributed by atoms with Crippen molar-refractivity contribution in [2.75, 3.05) is 10.6 Å². The Morgan fingerprint density at radius 1 is 1.00 bits per heavy atom. The number of rotatable bonds is 5. The van der Waals surface area contributed by atoms with Crippen molar-refractivity contribution >= 4 is 23.2 Å². The molecule has 0 aliphatic heterocycles. The molecule has 2 N–H and O–H groups in total. The molecule has 2 aromatic carbocycles. The van der Waals surface area contributed by atoms with E-state index in [1.165, 1.54) is 13.0 Å². The highest BCUT2D eigenvalue weighted by Crippen LogP contribution is 2.19. The lowest BCUT2D eigenvalue weighted by Crippen LogP contribution is -2.32. The number of nitrogens with one attached hydrogen (secondary N) is 2. The quantitative estimate of drug-likeness (QED) is 0.691. The van der Waals surface area contributed by atoms with Crippen LogP contribution >= 0.6 is 0 Å². The van der Waals surface area contributed by atoms with Crippen LogP contribution in [0.2, 0.25) is 0 Å². The van der Waals surface area contributed by atoms with E-state index in [0.717, 1.165) is 22.9 Å². The second-order valence-corrected chi connectivity index (χ2v) is 6.10. The molecule has 0 aliphatic carbocycles. The van der Waals surface area contributed by atoms with Gasteiger partial charge in [0.2, 0.25) is 11.8 Å². The summed E-state index contributed by atoms with van der Waals surface area (Å²) in [6, 6.07) is 13.3. The predicted octanol–water partition coefficient (Wildman–Crippen LogP) is 2.79. The molecule has 1 aromatic heterocycles. The largest absolute Gasteiger partial charge is 0.322 e.